The van der Waals surface area contributed by atoms with Gasteiger partial charge in [0.15, 0.2) is 0 Å². The Morgan fingerprint density at radius 2 is 1.71 bits per heavy atom. The van der Waals surface area contributed by atoms with E-state index in [1.807, 2.05) is 30.3 Å². The second kappa shape index (κ2) is 4.54. The molecule has 1 fully saturated rings. The Kier molecular flexibility index (Phi) is 2.76. The maximum atomic E-state index is 12.0. The third-order valence-electron chi connectivity index (χ3n) is 5.17. The molecule has 2 aromatic carbocycles. The van der Waals surface area contributed by atoms with Gasteiger partial charge in [0.1, 0.15) is 5.78 Å². The second-order valence-electron chi connectivity index (χ2n) is 6.31. The zero-order valence-electron chi connectivity index (χ0n) is 11.9. The van der Waals surface area contributed by atoms with Crippen LogP contribution in [0.2, 0.25) is 0 Å². The Morgan fingerprint density at radius 3 is 2.48 bits per heavy atom. The quantitative estimate of drug-likeness (QED) is 0.802. The van der Waals surface area contributed by atoms with Crippen molar-refractivity contribution in [3.63, 3.8) is 0 Å². The number of carbonyl (C=O) groups excluding carboxylic acids is 1. The molecule has 1 saturated carbocycles. The first-order chi connectivity index (χ1) is 10.2. The first-order valence-electron chi connectivity index (χ1n) is 7.57. The number of rotatable bonds is 0. The summed E-state index contributed by atoms with van der Waals surface area (Å²) in [5, 5.41) is 11.1. The van der Waals surface area contributed by atoms with Crippen molar-refractivity contribution < 1.29 is 9.90 Å². The molecule has 4 rings (SSSR count). The summed E-state index contributed by atoms with van der Waals surface area (Å²) < 4.78 is 0. The predicted octanol–water partition coefficient (Wildman–Crippen LogP) is 3.32. The second-order valence-corrected chi connectivity index (χ2v) is 6.31. The van der Waals surface area contributed by atoms with Crippen LogP contribution in [0.3, 0.4) is 0 Å². The van der Waals surface area contributed by atoms with E-state index in [0.29, 0.717) is 12.8 Å². The van der Waals surface area contributed by atoms with Gasteiger partial charge in [-0.3, -0.25) is 4.79 Å². The maximum Gasteiger partial charge on any atom is 0.133 e. The van der Waals surface area contributed by atoms with Crippen molar-refractivity contribution in [1.29, 1.82) is 0 Å². The standard InChI is InChI=1S/C19H18O2/c20-15-9-10-19(12-15)17-8-4-2-6-14(17)11-13-5-1-3-7-16(13)18(19)21/h1-8,18,21H,9-12H2. The van der Waals surface area contributed by atoms with Crippen LogP contribution in [-0.2, 0) is 16.6 Å². The van der Waals surface area contributed by atoms with E-state index in [9.17, 15) is 9.90 Å². The zero-order valence-corrected chi connectivity index (χ0v) is 11.9. The number of fused-ring (bicyclic) bond motifs is 3. The van der Waals surface area contributed by atoms with Gasteiger partial charge in [-0.25, -0.2) is 0 Å². The van der Waals surface area contributed by atoms with Gasteiger partial charge in [-0.1, -0.05) is 48.5 Å². The lowest BCUT2D eigenvalue weighted by atomic mass is 9.71. The van der Waals surface area contributed by atoms with Crippen LogP contribution < -0.4 is 0 Å². The Hall–Kier alpha value is -1.93. The van der Waals surface area contributed by atoms with Gasteiger partial charge >= 0.3 is 0 Å². The fourth-order valence-electron chi connectivity index (χ4n) is 4.13. The minimum absolute atomic E-state index is 0.267. The number of carbonyl (C=O) groups is 1. The predicted molar refractivity (Wildman–Crippen MR) is 81.2 cm³/mol. The van der Waals surface area contributed by atoms with Crippen LogP contribution >= 0.6 is 0 Å². The fourth-order valence-corrected chi connectivity index (χ4v) is 4.13. The number of hydrogen-bond acceptors (Lipinski definition) is 2. The van der Waals surface area contributed by atoms with Gasteiger partial charge in [-0.15, -0.1) is 0 Å². The van der Waals surface area contributed by atoms with Crippen molar-refractivity contribution in [2.75, 3.05) is 0 Å². The molecule has 2 heteroatoms. The van der Waals surface area contributed by atoms with E-state index in [2.05, 4.69) is 18.2 Å². The summed E-state index contributed by atoms with van der Waals surface area (Å²) in [4.78, 5) is 12.0. The number of Topliss-reactive ketones (excluding diaryl/α,β-unsaturated/α-hetero) is 1. The summed E-state index contributed by atoms with van der Waals surface area (Å²) in [6, 6.07) is 16.4. The molecule has 0 aromatic heterocycles. The molecule has 0 radical (unpaired) electrons. The molecule has 1 spiro atoms. The number of benzene rings is 2. The number of hydrogen-bond donors (Lipinski definition) is 1. The van der Waals surface area contributed by atoms with Gasteiger partial charge in [0, 0.05) is 18.3 Å². The summed E-state index contributed by atoms with van der Waals surface area (Å²) >= 11 is 0. The van der Waals surface area contributed by atoms with E-state index in [-0.39, 0.29) is 5.78 Å². The number of aliphatic hydroxyl groups excluding tert-OH is 1. The molecule has 21 heavy (non-hydrogen) atoms. The molecule has 0 aliphatic heterocycles. The third-order valence-corrected chi connectivity index (χ3v) is 5.17. The molecule has 0 amide bonds. The average Bonchev–Trinajstić information content (AvgIpc) is 2.86. The van der Waals surface area contributed by atoms with Crippen LogP contribution in [0.1, 0.15) is 47.6 Å². The lowest BCUT2D eigenvalue weighted by molar-refractivity contribution is -0.118. The van der Waals surface area contributed by atoms with E-state index < -0.39 is 11.5 Å². The summed E-state index contributed by atoms with van der Waals surface area (Å²) in [5.74, 6) is 0.267. The van der Waals surface area contributed by atoms with Crippen molar-refractivity contribution in [1.82, 2.24) is 0 Å². The Morgan fingerprint density at radius 1 is 1.00 bits per heavy atom. The highest BCUT2D eigenvalue weighted by Crippen LogP contribution is 2.52. The molecular formula is C19H18O2. The largest absolute Gasteiger partial charge is 0.387 e. The van der Waals surface area contributed by atoms with Crippen LogP contribution in [0.5, 0.6) is 0 Å². The van der Waals surface area contributed by atoms with E-state index in [0.717, 1.165) is 18.4 Å². The molecule has 2 aromatic rings. The fraction of sp³-hybridized carbons (Fsp3) is 0.316. The third kappa shape index (κ3) is 1.79. The minimum atomic E-state index is -0.594. The topological polar surface area (TPSA) is 37.3 Å². The lowest BCUT2D eigenvalue weighted by Crippen LogP contribution is -2.31. The lowest BCUT2D eigenvalue weighted by Gasteiger charge is -2.34. The molecule has 0 bridgehead atoms. The van der Waals surface area contributed by atoms with Crippen LogP contribution in [0.4, 0.5) is 0 Å². The monoisotopic (exact) mass is 278 g/mol. The summed E-state index contributed by atoms with van der Waals surface area (Å²) in [5.41, 5.74) is 4.15. The first-order valence-corrected chi connectivity index (χ1v) is 7.57. The van der Waals surface area contributed by atoms with Crippen molar-refractivity contribution in [3.05, 3.63) is 70.8 Å². The molecule has 2 nitrogen and oxygen atoms in total. The highest BCUT2D eigenvalue weighted by molar-refractivity contribution is 5.83. The molecule has 1 N–H and O–H groups in total. The maximum absolute atomic E-state index is 12.0. The zero-order chi connectivity index (χ0) is 14.4. The highest BCUT2D eigenvalue weighted by Gasteiger charge is 2.48. The molecule has 2 atom stereocenters. The van der Waals surface area contributed by atoms with E-state index in [1.54, 1.807) is 0 Å². The van der Waals surface area contributed by atoms with Crippen molar-refractivity contribution in [2.24, 2.45) is 0 Å². The van der Waals surface area contributed by atoms with Gasteiger partial charge in [-0.2, -0.15) is 0 Å². The number of ketones is 1. The Bertz CT molecular complexity index is 719. The van der Waals surface area contributed by atoms with Gasteiger partial charge < -0.3 is 5.11 Å². The molecule has 0 heterocycles. The average molecular weight is 278 g/mol. The summed E-state index contributed by atoms with van der Waals surface area (Å²) in [6.07, 6.45) is 2.02. The number of aliphatic hydroxyl groups is 1. The minimum Gasteiger partial charge on any atom is -0.387 e. The normalized spacial score (nSPS) is 27.3. The van der Waals surface area contributed by atoms with E-state index in [4.69, 9.17) is 0 Å². The van der Waals surface area contributed by atoms with E-state index in [1.165, 1.54) is 16.7 Å². The van der Waals surface area contributed by atoms with Crippen LogP contribution in [0.15, 0.2) is 48.5 Å². The highest BCUT2D eigenvalue weighted by atomic mass is 16.3. The molecule has 2 unspecified atom stereocenters. The Balaban J connectivity index is 1.99. The SMILES string of the molecule is O=C1CCC2(C1)c1ccccc1Cc1ccccc1C2O. The molecule has 0 saturated heterocycles. The van der Waals surface area contributed by atoms with Gasteiger partial charge in [-0.05, 0) is 35.1 Å². The van der Waals surface area contributed by atoms with Crippen molar-refractivity contribution in [3.8, 4) is 0 Å². The van der Waals surface area contributed by atoms with Crippen LogP contribution in [0, 0.1) is 0 Å². The smallest absolute Gasteiger partial charge is 0.133 e. The summed E-state index contributed by atoms with van der Waals surface area (Å²) in [6.45, 7) is 0. The first kappa shape index (κ1) is 12.8. The summed E-state index contributed by atoms with van der Waals surface area (Å²) in [7, 11) is 0. The molecule has 2 aliphatic carbocycles. The molecular weight excluding hydrogens is 260 g/mol. The van der Waals surface area contributed by atoms with Crippen molar-refractivity contribution in [2.45, 2.75) is 37.2 Å². The van der Waals surface area contributed by atoms with Crippen LogP contribution in [-0.4, -0.2) is 10.9 Å². The van der Waals surface area contributed by atoms with Gasteiger partial charge in [0.05, 0.1) is 6.10 Å². The Labute approximate surface area is 124 Å². The molecule has 106 valence electrons. The van der Waals surface area contributed by atoms with Crippen molar-refractivity contribution >= 4 is 5.78 Å². The van der Waals surface area contributed by atoms with E-state index >= 15 is 0 Å². The van der Waals surface area contributed by atoms with Crippen LogP contribution in [0.25, 0.3) is 0 Å². The molecule has 2 aliphatic rings. The van der Waals surface area contributed by atoms with Gasteiger partial charge in [0.25, 0.3) is 0 Å². The van der Waals surface area contributed by atoms with Gasteiger partial charge in [0.2, 0.25) is 0 Å².